The van der Waals surface area contributed by atoms with Crippen molar-refractivity contribution in [1.29, 1.82) is 0 Å². The van der Waals surface area contributed by atoms with Crippen molar-refractivity contribution in [2.24, 2.45) is 0 Å². The quantitative estimate of drug-likeness (QED) is 0.626. The maximum atomic E-state index is 11.4. The van der Waals surface area contributed by atoms with Crippen molar-refractivity contribution in [3.8, 4) is 5.75 Å². The number of hydrogen-bond donors (Lipinski definition) is 1. The zero-order chi connectivity index (χ0) is 12.1. The first-order chi connectivity index (χ1) is 7.58. The van der Waals surface area contributed by atoms with Crippen molar-refractivity contribution in [3.63, 3.8) is 0 Å². The molecule has 16 heavy (non-hydrogen) atoms. The van der Waals surface area contributed by atoms with Crippen LogP contribution in [0.1, 0.15) is 41.0 Å². The molecular formula is C12H14O4. The number of aromatic hydroxyl groups is 1. The number of hydrogen-bond acceptors (Lipinski definition) is 4. The number of rotatable bonds is 4. The Bertz CT molecular complexity index is 409. The highest BCUT2D eigenvalue weighted by atomic mass is 16.5. The van der Waals surface area contributed by atoms with E-state index in [0.717, 1.165) is 0 Å². The maximum absolute atomic E-state index is 11.4. The Morgan fingerprint density at radius 3 is 2.38 bits per heavy atom. The molecule has 1 aromatic rings. The number of phenolic OH excluding ortho intramolecular Hbond substituents is 1. The summed E-state index contributed by atoms with van der Waals surface area (Å²) in [7, 11) is 0. The first kappa shape index (κ1) is 12.2. The lowest BCUT2D eigenvalue weighted by atomic mass is 10.1. The van der Waals surface area contributed by atoms with Gasteiger partial charge in [0, 0.05) is 12.0 Å². The van der Waals surface area contributed by atoms with Crippen LogP contribution in [-0.4, -0.2) is 23.5 Å². The highest BCUT2D eigenvalue weighted by molar-refractivity contribution is 5.99. The van der Waals surface area contributed by atoms with Gasteiger partial charge in [0.25, 0.3) is 0 Å². The molecule has 0 aliphatic heterocycles. The number of carbonyl (C=O) groups is 2. The molecule has 0 spiro atoms. The summed E-state index contributed by atoms with van der Waals surface area (Å²) in [6.07, 6.45) is 0.325. The van der Waals surface area contributed by atoms with Gasteiger partial charge in [-0.05, 0) is 25.1 Å². The molecule has 0 aromatic heterocycles. The van der Waals surface area contributed by atoms with E-state index in [4.69, 9.17) is 4.74 Å². The van der Waals surface area contributed by atoms with Crippen LogP contribution in [0, 0.1) is 0 Å². The molecule has 1 aromatic carbocycles. The minimum atomic E-state index is -0.538. The largest absolute Gasteiger partial charge is 0.508 e. The van der Waals surface area contributed by atoms with Crippen molar-refractivity contribution >= 4 is 11.8 Å². The summed E-state index contributed by atoms with van der Waals surface area (Å²) >= 11 is 0. The van der Waals surface area contributed by atoms with Gasteiger partial charge in [-0.25, -0.2) is 4.79 Å². The van der Waals surface area contributed by atoms with Gasteiger partial charge in [-0.3, -0.25) is 4.79 Å². The highest BCUT2D eigenvalue weighted by Gasteiger charge is 2.12. The monoisotopic (exact) mass is 222 g/mol. The summed E-state index contributed by atoms with van der Waals surface area (Å²) in [4.78, 5) is 22.9. The lowest BCUT2D eigenvalue weighted by Gasteiger charge is -2.05. The highest BCUT2D eigenvalue weighted by Crippen LogP contribution is 2.17. The molecule has 0 atom stereocenters. The zero-order valence-electron chi connectivity index (χ0n) is 9.32. The topological polar surface area (TPSA) is 63.6 Å². The molecule has 0 unspecified atom stereocenters. The summed E-state index contributed by atoms with van der Waals surface area (Å²) < 4.78 is 4.79. The minimum absolute atomic E-state index is 0.109. The average molecular weight is 222 g/mol. The molecule has 0 amide bonds. The van der Waals surface area contributed by atoms with Crippen LogP contribution in [0.4, 0.5) is 0 Å². The number of esters is 1. The van der Waals surface area contributed by atoms with Crippen molar-refractivity contribution in [3.05, 3.63) is 29.3 Å². The number of Topliss-reactive ketones (excluding diaryl/α,β-unsaturated/α-hetero) is 1. The van der Waals surface area contributed by atoms with E-state index in [9.17, 15) is 14.7 Å². The Balaban J connectivity index is 3.07. The molecule has 0 saturated heterocycles. The number of benzene rings is 1. The van der Waals surface area contributed by atoms with Gasteiger partial charge >= 0.3 is 5.97 Å². The van der Waals surface area contributed by atoms with Crippen LogP contribution in [0.25, 0.3) is 0 Å². The SMILES string of the molecule is CCOC(=O)c1cc(O)cc(C(=O)CC)c1. The van der Waals surface area contributed by atoms with Crippen molar-refractivity contribution < 1.29 is 19.4 Å². The second-order valence-electron chi connectivity index (χ2n) is 3.27. The van der Waals surface area contributed by atoms with Crippen LogP contribution in [-0.2, 0) is 4.74 Å². The molecule has 0 radical (unpaired) electrons. The van der Waals surface area contributed by atoms with Gasteiger partial charge in [-0.15, -0.1) is 0 Å². The Kier molecular flexibility index (Phi) is 4.05. The first-order valence-corrected chi connectivity index (χ1v) is 5.12. The van der Waals surface area contributed by atoms with Crippen LogP contribution in [0.2, 0.25) is 0 Å². The smallest absolute Gasteiger partial charge is 0.338 e. The molecule has 0 bridgehead atoms. The average Bonchev–Trinajstić information content (AvgIpc) is 2.27. The van der Waals surface area contributed by atoms with Crippen molar-refractivity contribution in [1.82, 2.24) is 0 Å². The summed E-state index contributed by atoms with van der Waals surface area (Å²) in [6.45, 7) is 3.67. The zero-order valence-corrected chi connectivity index (χ0v) is 9.32. The van der Waals surface area contributed by atoms with E-state index >= 15 is 0 Å². The normalized spacial score (nSPS) is 9.88. The summed E-state index contributed by atoms with van der Waals surface area (Å²) in [6, 6.07) is 4.06. The fourth-order valence-electron chi connectivity index (χ4n) is 1.31. The Morgan fingerprint density at radius 1 is 1.19 bits per heavy atom. The third kappa shape index (κ3) is 2.82. The van der Waals surface area contributed by atoms with E-state index < -0.39 is 5.97 Å². The summed E-state index contributed by atoms with van der Waals surface area (Å²) in [5.74, 6) is -0.771. The van der Waals surface area contributed by atoms with E-state index in [-0.39, 0.29) is 23.7 Å². The van der Waals surface area contributed by atoms with Crippen molar-refractivity contribution in [2.45, 2.75) is 20.3 Å². The molecule has 0 aliphatic rings. The van der Waals surface area contributed by atoms with E-state index in [1.54, 1.807) is 13.8 Å². The molecule has 0 aliphatic carbocycles. The maximum Gasteiger partial charge on any atom is 0.338 e. The van der Waals surface area contributed by atoms with E-state index in [1.807, 2.05) is 0 Å². The molecule has 1 rings (SSSR count). The molecule has 0 fully saturated rings. The standard InChI is InChI=1S/C12H14O4/c1-3-11(14)8-5-9(7-10(13)6-8)12(15)16-4-2/h5-7,13H,3-4H2,1-2H3. The minimum Gasteiger partial charge on any atom is -0.508 e. The Labute approximate surface area is 93.9 Å². The van der Waals surface area contributed by atoms with Gasteiger partial charge in [0.2, 0.25) is 0 Å². The second kappa shape index (κ2) is 5.30. The number of ketones is 1. The van der Waals surface area contributed by atoms with Crippen LogP contribution in [0.5, 0.6) is 5.75 Å². The molecule has 1 N–H and O–H groups in total. The van der Waals surface area contributed by atoms with Gasteiger partial charge in [0.05, 0.1) is 12.2 Å². The fourth-order valence-corrected chi connectivity index (χ4v) is 1.31. The molecule has 4 heteroatoms. The van der Waals surface area contributed by atoms with Crippen LogP contribution in [0.3, 0.4) is 0 Å². The molecule has 0 saturated carbocycles. The third-order valence-electron chi connectivity index (χ3n) is 2.07. The predicted octanol–water partition coefficient (Wildman–Crippen LogP) is 2.16. The van der Waals surface area contributed by atoms with Gasteiger partial charge in [-0.1, -0.05) is 6.92 Å². The van der Waals surface area contributed by atoms with Crippen LogP contribution in [0.15, 0.2) is 18.2 Å². The lowest BCUT2D eigenvalue weighted by molar-refractivity contribution is 0.0526. The lowest BCUT2D eigenvalue weighted by Crippen LogP contribution is -2.06. The molecular weight excluding hydrogens is 208 g/mol. The van der Waals surface area contributed by atoms with E-state index in [1.165, 1.54) is 18.2 Å². The van der Waals surface area contributed by atoms with Crippen LogP contribution >= 0.6 is 0 Å². The number of phenols is 1. The fraction of sp³-hybridized carbons (Fsp3) is 0.333. The Hall–Kier alpha value is -1.84. The molecule has 4 nitrogen and oxygen atoms in total. The van der Waals surface area contributed by atoms with Crippen molar-refractivity contribution in [2.75, 3.05) is 6.61 Å². The number of ether oxygens (including phenoxy) is 1. The predicted molar refractivity (Wildman–Crippen MR) is 58.7 cm³/mol. The second-order valence-corrected chi connectivity index (χ2v) is 3.27. The van der Waals surface area contributed by atoms with Gasteiger partial charge in [0.1, 0.15) is 5.75 Å². The number of carbonyl (C=O) groups excluding carboxylic acids is 2. The van der Waals surface area contributed by atoms with E-state index in [0.29, 0.717) is 12.0 Å². The summed E-state index contributed by atoms with van der Waals surface area (Å²) in [5.41, 5.74) is 0.518. The first-order valence-electron chi connectivity index (χ1n) is 5.12. The van der Waals surface area contributed by atoms with Gasteiger partial charge < -0.3 is 9.84 Å². The van der Waals surface area contributed by atoms with Gasteiger partial charge in [0.15, 0.2) is 5.78 Å². The summed E-state index contributed by atoms with van der Waals surface area (Å²) in [5, 5.41) is 9.40. The third-order valence-corrected chi connectivity index (χ3v) is 2.07. The Morgan fingerprint density at radius 2 is 1.81 bits per heavy atom. The van der Waals surface area contributed by atoms with E-state index in [2.05, 4.69) is 0 Å². The molecule has 0 heterocycles. The molecule has 86 valence electrons. The van der Waals surface area contributed by atoms with Gasteiger partial charge in [-0.2, -0.15) is 0 Å². The van der Waals surface area contributed by atoms with Crippen LogP contribution < -0.4 is 0 Å².